The molecule has 0 aromatic rings. The lowest BCUT2D eigenvalue weighted by molar-refractivity contribution is -0.150. The molecule has 2 saturated carbocycles. The van der Waals surface area contributed by atoms with E-state index in [1.807, 2.05) is 0 Å². The Morgan fingerprint density at radius 3 is 2.37 bits per heavy atom. The van der Waals surface area contributed by atoms with Gasteiger partial charge in [-0.2, -0.15) is 0 Å². The number of alkyl halides is 1. The third kappa shape index (κ3) is 1.86. The molecule has 1 amide bonds. The number of carboxylic acid groups (broad SMARTS) is 2. The van der Waals surface area contributed by atoms with Crippen LogP contribution in [0.5, 0.6) is 0 Å². The van der Waals surface area contributed by atoms with E-state index in [4.69, 9.17) is 10.8 Å². The van der Waals surface area contributed by atoms with Gasteiger partial charge in [0.15, 0.2) is 0 Å². The van der Waals surface area contributed by atoms with Crippen LogP contribution in [0.15, 0.2) is 0 Å². The lowest BCUT2D eigenvalue weighted by Crippen LogP contribution is -2.59. The third-order valence-corrected chi connectivity index (χ3v) is 4.01. The van der Waals surface area contributed by atoms with E-state index in [-0.39, 0.29) is 0 Å². The molecule has 0 spiro atoms. The SMILES string of the molecule is CC(N)C(=O)N[C@@]1(C(=O)O)C[C@@H](F)[C@H]2[C@H](C(=O)O)[C@H]21. The van der Waals surface area contributed by atoms with E-state index in [2.05, 4.69) is 5.32 Å². The zero-order chi connectivity index (χ0) is 14.5. The van der Waals surface area contributed by atoms with Gasteiger partial charge in [0.25, 0.3) is 0 Å². The number of fused-ring (bicyclic) bond motifs is 1. The minimum atomic E-state index is -1.86. The number of halogens is 1. The predicted molar refractivity (Wildman–Crippen MR) is 59.8 cm³/mol. The van der Waals surface area contributed by atoms with Crippen molar-refractivity contribution in [2.75, 3.05) is 0 Å². The molecule has 19 heavy (non-hydrogen) atoms. The number of carbonyl (C=O) groups is 3. The molecule has 6 atom stereocenters. The van der Waals surface area contributed by atoms with Crippen molar-refractivity contribution in [2.45, 2.75) is 31.1 Å². The van der Waals surface area contributed by atoms with E-state index >= 15 is 0 Å². The highest BCUT2D eigenvalue weighted by molar-refractivity contribution is 5.92. The molecule has 0 heterocycles. The van der Waals surface area contributed by atoms with E-state index in [9.17, 15) is 23.9 Å². The van der Waals surface area contributed by atoms with Gasteiger partial charge in [0, 0.05) is 18.3 Å². The van der Waals surface area contributed by atoms with Gasteiger partial charge in [-0.1, -0.05) is 0 Å². The van der Waals surface area contributed by atoms with Crippen molar-refractivity contribution in [3.8, 4) is 0 Å². The quantitative estimate of drug-likeness (QED) is 0.518. The highest BCUT2D eigenvalue weighted by Crippen LogP contribution is 2.63. The van der Waals surface area contributed by atoms with Gasteiger partial charge in [0.2, 0.25) is 5.91 Å². The van der Waals surface area contributed by atoms with Gasteiger partial charge in [0.1, 0.15) is 11.7 Å². The molecule has 0 radical (unpaired) electrons. The van der Waals surface area contributed by atoms with Crippen molar-refractivity contribution < 1.29 is 29.0 Å². The van der Waals surface area contributed by atoms with Crippen molar-refractivity contribution in [1.82, 2.24) is 5.32 Å². The Morgan fingerprint density at radius 2 is 2.00 bits per heavy atom. The van der Waals surface area contributed by atoms with Crippen LogP contribution >= 0.6 is 0 Å². The third-order valence-electron chi connectivity index (χ3n) is 4.01. The molecule has 106 valence electrons. The normalized spacial score (nSPS) is 41.2. The van der Waals surface area contributed by atoms with E-state index < -0.39 is 59.8 Å². The summed E-state index contributed by atoms with van der Waals surface area (Å²) in [5.74, 6) is -6.21. The molecule has 1 unspecified atom stereocenters. The van der Waals surface area contributed by atoms with Crippen molar-refractivity contribution in [3.05, 3.63) is 0 Å². The summed E-state index contributed by atoms with van der Waals surface area (Å²) in [7, 11) is 0. The number of hydrogen-bond donors (Lipinski definition) is 4. The number of carboxylic acids is 2. The molecule has 2 aliphatic carbocycles. The summed E-state index contributed by atoms with van der Waals surface area (Å²) in [4.78, 5) is 34.0. The molecule has 8 heteroatoms. The van der Waals surface area contributed by atoms with Gasteiger partial charge in [-0.15, -0.1) is 0 Å². The summed E-state index contributed by atoms with van der Waals surface area (Å²) >= 11 is 0. The molecule has 0 aromatic heterocycles. The molecule has 2 fully saturated rings. The molecule has 5 N–H and O–H groups in total. The molecular weight excluding hydrogens is 259 g/mol. The van der Waals surface area contributed by atoms with Crippen LogP contribution in [0, 0.1) is 17.8 Å². The van der Waals surface area contributed by atoms with E-state index in [1.54, 1.807) is 0 Å². The van der Waals surface area contributed by atoms with Crippen LogP contribution in [0.25, 0.3) is 0 Å². The summed E-state index contributed by atoms with van der Waals surface area (Å²) in [5, 5.41) is 20.5. The monoisotopic (exact) mass is 274 g/mol. The number of nitrogens with two attached hydrogens (primary N) is 1. The topological polar surface area (TPSA) is 130 Å². The van der Waals surface area contributed by atoms with Crippen LogP contribution in [-0.2, 0) is 14.4 Å². The van der Waals surface area contributed by atoms with Crippen molar-refractivity contribution in [1.29, 1.82) is 0 Å². The minimum absolute atomic E-state index is 0.417. The van der Waals surface area contributed by atoms with Gasteiger partial charge in [-0.05, 0) is 6.92 Å². The number of hydrogen-bond acceptors (Lipinski definition) is 4. The van der Waals surface area contributed by atoms with E-state index in [1.165, 1.54) is 6.92 Å². The molecule has 0 aromatic carbocycles. The standard InChI is InChI=1S/C11H15FN2O5/c1-3(13)8(15)14-11(10(18)19)2-4(12)5-6(7(5)11)9(16)17/h3-7H,2,13H2,1H3,(H,14,15)(H,16,17)(H,18,19)/t3?,4-,5+,6+,7+,11+/m1/s1. The van der Waals surface area contributed by atoms with Crippen molar-refractivity contribution in [3.63, 3.8) is 0 Å². The first-order chi connectivity index (χ1) is 8.72. The Bertz CT molecular complexity index is 454. The maximum Gasteiger partial charge on any atom is 0.329 e. The molecule has 2 aliphatic rings. The van der Waals surface area contributed by atoms with Crippen molar-refractivity contribution >= 4 is 17.8 Å². The van der Waals surface area contributed by atoms with Gasteiger partial charge in [-0.3, -0.25) is 9.59 Å². The first kappa shape index (κ1) is 13.7. The number of nitrogens with one attached hydrogen (secondary N) is 1. The summed E-state index contributed by atoms with van der Waals surface area (Å²) in [5.41, 5.74) is 3.48. The summed E-state index contributed by atoms with van der Waals surface area (Å²) in [6.07, 6.45) is -1.96. The van der Waals surface area contributed by atoms with E-state index in [0.717, 1.165) is 0 Å². The smallest absolute Gasteiger partial charge is 0.329 e. The Balaban J connectivity index is 2.29. The number of rotatable bonds is 4. The number of aliphatic carboxylic acids is 2. The van der Waals surface area contributed by atoms with Crippen LogP contribution in [0.4, 0.5) is 4.39 Å². The second-order valence-electron chi connectivity index (χ2n) is 5.24. The number of amides is 1. The summed E-state index contributed by atoms with van der Waals surface area (Å²) in [6, 6.07) is -0.949. The van der Waals surface area contributed by atoms with Gasteiger partial charge >= 0.3 is 11.9 Å². The fraction of sp³-hybridized carbons (Fsp3) is 0.727. The molecule has 7 nitrogen and oxygen atoms in total. The summed E-state index contributed by atoms with van der Waals surface area (Å²) < 4.78 is 13.8. The number of carbonyl (C=O) groups excluding carboxylic acids is 1. The van der Waals surface area contributed by atoms with Crippen LogP contribution in [-0.4, -0.2) is 45.8 Å². The lowest BCUT2D eigenvalue weighted by Gasteiger charge is -2.29. The first-order valence-corrected chi connectivity index (χ1v) is 5.90. The fourth-order valence-corrected chi connectivity index (χ4v) is 3.07. The van der Waals surface area contributed by atoms with Crippen LogP contribution < -0.4 is 11.1 Å². The Labute approximate surface area is 108 Å². The van der Waals surface area contributed by atoms with Crippen LogP contribution in [0.2, 0.25) is 0 Å². The average Bonchev–Trinajstić information content (AvgIpc) is 2.96. The highest BCUT2D eigenvalue weighted by atomic mass is 19.1. The predicted octanol–water partition coefficient (Wildman–Crippen LogP) is -1.04. The molecule has 0 bridgehead atoms. The Morgan fingerprint density at radius 1 is 1.42 bits per heavy atom. The molecule has 0 saturated heterocycles. The summed E-state index contributed by atoms with van der Waals surface area (Å²) in [6.45, 7) is 1.37. The van der Waals surface area contributed by atoms with E-state index in [0.29, 0.717) is 0 Å². The lowest BCUT2D eigenvalue weighted by atomic mass is 9.89. The second kappa shape index (κ2) is 4.16. The van der Waals surface area contributed by atoms with Crippen molar-refractivity contribution in [2.24, 2.45) is 23.5 Å². The Hall–Kier alpha value is -1.70. The fourth-order valence-electron chi connectivity index (χ4n) is 3.07. The van der Waals surface area contributed by atoms with Crippen LogP contribution in [0.3, 0.4) is 0 Å². The molecular formula is C11H15FN2O5. The minimum Gasteiger partial charge on any atom is -0.481 e. The van der Waals surface area contributed by atoms with Gasteiger partial charge in [-0.25, -0.2) is 9.18 Å². The van der Waals surface area contributed by atoms with Gasteiger partial charge in [0.05, 0.1) is 12.0 Å². The van der Waals surface area contributed by atoms with Crippen LogP contribution in [0.1, 0.15) is 13.3 Å². The zero-order valence-corrected chi connectivity index (χ0v) is 10.2. The first-order valence-electron chi connectivity index (χ1n) is 5.90. The highest BCUT2D eigenvalue weighted by Gasteiger charge is 2.76. The van der Waals surface area contributed by atoms with Gasteiger partial charge < -0.3 is 21.3 Å². The Kier molecular flexibility index (Phi) is 3.00. The molecule has 2 rings (SSSR count). The maximum atomic E-state index is 13.8. The maximum absolute atomic E-state index is 13.8. The largest absolute Gasteiger partial charge is 0.481 e. The molecule has 0 aliphatic heterocycles. The zero-order valence-electron chi connectivity index (χ0n) is 10.2. The average molecular weight is 274 g/mol. The second-order valence-corrected chi connectivity index (χ2v) is 5.24.